The number of nitrogens with one attached hydrogen (secondary N) is 18. The number of urea groups is 1. The van der Waals surface area contributed by atoms with E-state index in [1.807, 2.05) is 0 Å². The zero-order valence-corrected chi connectivity index (χ0v) is 59.4. The largest absolute Gasteiger partial charge is 0.480 e. The predicted octanol–water partition coefficient (Wildman–Crippen LogP) is -7.30. The van der Waals surface area contributed by atoms with Gasteiger partial charge in [-0.05, 0) is 102 Å². The van der Waals surface area contributed by atoms with Crippen LogP contribution >= 0.6 is 0 Å². The number of carbonyl (C=O) groups excluding carboxylic acids is 13. The Bertz CT molecular complexity index is 3670. The lowest BCUT2D eigenvalue weighted by atomic mass is 10.0. The van der Waals surface area contributed by atoms with Gasteiger partial charge in [0.05, 0.1) is 25.5 Å². The Morgan fingerprint density at radius 2 is 0.953 bits per heavy atom. The number of nitrogens with two attached hydrogens (primary N) is 6. The number of hydrogen-bond donors (Lipinski definition) is 26. The molecule has 4 rings (SSSR count). The molecule has 32 N–H and O–H groups in total. The summed E-state index contributed by atoms with van der Waals surface area (Å²) in [6, 6.07) is -1.67. The molecule has 2 aromatic heterocycles. The van der Waals surface area contributed by atoms with E-state index in [9.17, 15) is 67.7 Å². The normalized spacial score (nSPS) is 14.0. The highest BCUT2D eigenvalue weighted by Gasteiger charge is 2.36. The second-order valence-electron chi connectivity index (χ2n) is 25.1. The van der Waals surface area contributed by atoms with Crippen molar-refractivity contribution in [1.82, 2.24) is 89.4 Å². The molecular weight excluding hydrogens is 1400 g/mol. The standard InChI is InChI=1S/C66H101N25O16/c1-35(53(95)83-36(2)63(105)106)82-56(98)46(20-11-25-77-65(72)73)88-62(104)50(33-92)91-57(99)44(19-10-24-76-64(70)71)84-52(94)32-80-55(97)43(18-12-26-78-66(74)107)86-61(103)49(28-38-30-79-42-16-7-6-15-40(38)42)90-60(102)48(27-37-13-4-3-5-14-37)89-58(100)45(17-8-9-23-67)87-59(101)47(21-22-51(69)93)85-54(96)41(68)29-39-31-75-34-81-39/h3-7,13-16,30-31,34-36,41,43-50,79,92H,8-12,17-29,32-33,67-68H2,1-2H3,(H2,69,93)(H,75,81)(H,80,97)(H,82,98)(H,83,95)(H,84,94)(H,85,96)(H,86,103)(H,87,101)(H,88,104)(H,89,100)(H,90,102)(H,91,99)(H,105,106)(H4,70,71,76)(H4,72,73,77)(H3,74,78,107)/t35-,36-,41-,43-,44-,45-,46-,47-,48-,49-,50-/m0/s1. The van der Waals surface area contributed by atoms with Gasteiger partial charge in [0.15, 0.2) is 11.9 Å². The van der Waals surface area contributed by atoms with E-state index in [1.54, 1.807) is 60.8 Å². The van der Waals surface area contributed by atoms with Crippen LogP contribution in [0.25, 0.3) is 10.9 Å². The number of H-pyrrole nitrogens is 2. The van der Waals surface area contributed by atoms with Crippen LogP contribution in [0.1, 0.15) is 101 Å². The molecule has 0 aliphatic heterocycles. The number of carboxylic acids is 1. The number of aliphatic hydroxyl groups is 1. The minimum absolute atomic E-state index is 0.00263. The van der Waals surface area contributed by atoms with Crippen LogP contribution in [0.15, 0.2) is 73.3 Å². The molecule has 0 radical (unpaired) electrons. The lowest BCUT2D eigenvalue weighted by Crippen LogP contribution is -2.60. The van der Waals surface area contributed by atoms with Gasteiger partial charge in [-0.25, -0.2) is 9.78 Å². The van der Waals surface area contributed by atoms with Crippen LogP contribution in [0.5, 0.6) is 0 Å². The summed E-state index contributed by atoms with van der Waals surface area (Å²) in [5, 5.41) is 70.3. The second-order valence-corrected chi connectivity index (χ2v) is 25.1. The maximum absolute atomic E-state index is 15.1. The molecule has 0 saturated carbocycles. The number of aliphatic carboxylic acids is 1. The summed E-state index contributed by atoms with van der Waals surface area (Å²) in [7, 11) is 0. The number of primary amides is 2. The summed E-state index contributed by atoms with van der Waals surface area (Å²) >= 11 is 0. The first-order chi connectivity index (χ1) is 50.9. The molecular formula is C66H101N25O16. The molecule has 0 unspecified atom stereocenters. The molecule has 0 aliphatic carbocycles. The molecule has 0 aliphatic rings. The minimum Gasteiger partial charge on any atom is -0.480 e. The topological polar surface area (TPSA) is 696 Å². The Morgan fingerprint density at radius 1 is 0.486 bits per heavy atom. The maximum atomic E-state index is 15.1. The van der Waals surface area contributed by atoms with E-state index < -0.39 is 174 Å². The van der Waals surface area contributed by atoms with Gasteiger partial charge in [-0.3, -0.25) is 73.1 Å². The Morgan fingerprint density at radius 3 is 1.49 bits per heavy atom. The molecule has 41 heteroatoms. The van der Waals surface area contributed by atoms with Crippen molar-refractivity contribution in [3.8, 4) is 0 Å². The van der Waals surface area contributed by atoms with Crippen LogP contribution in [0.4, 0.5) is 4.79 Å². The number of fused-ring (bicyclic) bond motifs is 1. The van der Waals surface area contributed by atoms with E-state index in [-0.39, 0.29) is 110 Å². The number of para-hydroxylation sites is 1. The van der Waals surface area contributed by atoms with E-state index >= 15 is 9.59 Å². The number of rotatable bonds is 49. The number of carbonyl (C=O) groups is 14. The maximum Gasteiger partial charge on any atom is 0.325 e. The van der Waals surface area contributed by atoms with Crippen LogP contribution < -0.4 is 109 Å². The molecule has 41 nitrogen and oxygen atoms in total. The Hall–Kier alpha value is -12.0. The van der Waals surface area contributed by atoms with Crippen molar-refractivity contribution in [3.63, 3.8) is 0 Å². The van der Waals surface area contributed by atoms with E-state index in [0.29, 0.717) is 34.1 Å². The first kappa shape index (κ1) is 87.4. The summed E-state index contributed by atoms with van der Waals surface area (Å²) in [5.74, 6) is -13.5. The quantitative estimate of drug-likeness (QED) is 0.0111. The zero-order valence-electron chi connectivity index (χ0n) is 59.4. The van der Waals surface area contributed by atoms with E-state index in [1.165, 1.54) is 26.4 Å². The van der Waals surface area contributed by atoms with Crippen LogP contribution in [-0.4, -0.2) is 226 Å². The molecule has 0 bridgehead atoms. The number of benzene rings is 2. The number of aromatic nitrogens is 3. The molecule has 107 heavy (non-hydrogen) atoms. The molecule has 0 saturated heterocycles. The minimum atomic E-state index is -1.82. The highest BCUT2D eigenvalue weighted by molar-refractivity contribution is 5.99. The molecule has 2 heterocycles. The lowest BCUT2D eigenvalue weighted by molar-refractivity contribution is -0.141. The van der Waals surface area contributed by atoms with Gasteiger partial charge < -0.3 is 129 Å². The fourth-order valence-electron chi connectivity index (χ4n) is 10.6. The number of hydrogen-bond acceptors (Lipinski definition) is 20. The van der Waals surface area contributed by atoms with Crippen LogP contribution in [0.3, 0.4) is 0 Å². The lowest BCUT2D eigenvalue weighted by Gasteiger charge is -2.28. The van der Waals surface area contributed by atoms with Crippen molar-refractivity contribution in [2.24, 2.45) is 34.4 Å². The van der Waals surface area contributed by atoms with Crippen LogP contribution in [-0.2, 0) is 81.6 Å². The summed E-state index contributed by atoms with van der Waals surface area (Å²) < 4.78 is 0. The number of carboxylic acid groups (broad SMARTS) is 1. The fourth-order valence-corrected chi connectivity index (χ4v) is 10.6. The fraction of sp³-hybridized carbons (Fsp3) is 0.500. The summed E-state index contributed by atoms with van der Waals surface area (Å²) in [6.45, 7) is 0.563. The van der Waals surface area contributed by atoms with Crippen molar-refractivity contribution in [3.05, 3.63) is 90.1 Å². The highest BCUT2D eigenvalue weighted by Crippen LogP contribution is 2.20. The van der Waals surface area contributed by atoms with Gasteiger partial charge in [-0.2, -0.15) is 0 Å². The molecule has 4 aromatic rings. The van der Waals surface area contributed by atoms with Crippen molar-refractivity contribution in [2.75, 3.05) is 39.3 Å². The zero-order chi connectivity index (χ0) is 79.1. The Balaban J connectivity index is 1.64. The van der Waals surface area contributed by atoms with E-state index in [4.69, 9.17) is 45.2 Å². The highest BCUT2D eigenvalue weighted by atomic mass is 16.4. The molecule has 11 atom stereocenters. The van der Waals surface area contributed by atoms with Crippen molar-refractivity contribution >= 4 is 106 Å². The first-order valence-electron chi connectivity index (χ1n) is 34.5. The summed E-state index contributed by atoms with van der Waals surface area (Å²) in [4.78, 5) is 200. The number of aromatic amines is 2. The van der Waals surface area contributed by atoms with Gasteiger partial charge in [0.1, 0.15) is 60.4 Å². The second kappa shape index (κ2) is 46.0. The molecule has 0 spiro atoms. The van der Waals surface area contributed by atoms with E-state index in [0.717, 1.165) is 0 Å². The molecule has 586 valence electrons. The van der Waals surface area contributed by atoms with Gasteiger partial charge in [-0.1, -0.05) is 48.5 Å². The van der Waals surface area contributed by atoms with Gasteiger partial charge >= 0.3 is 12.0 Å². The van der Waals surface area contributed by atoms with Crippen LogP contribution in [0.2, 0.25) is 0 Å². The number of nitrogens with zero attached hydrogens (tertiary/aromatic N) is 1. The number of guanidine groups is 2. The number of unbranched alkanes of at least 4 members (excludes halogenated alkanes) is 1. The smallest absolute Gasteiger partial charge is 0.325 e. The average molecular weight is 1500 g/mol. The summed E-state index contributed by atoms with van der Waals surface area (Å²) in [5.41, 5.74) is 35.8. The number of aliphatic hydroxyl groups excluding tert-OH is 1. The van der Waals surface area contributed by atoms with Crippen LogP contribution in [0, 0.1) is 10.8 Å². The predicted molar refractivity (Wildman–Crippen MR) is 387 cm³/mol. The SMILES string of the molecule is C[C@H](NC(=O)[C@H](C)NC(=O)[C@H](CCCNC(=N)N)NC(=O)[C@H](CO)NC(=O)[C@H](CCCNC(=N)N)NC(=O)CNC(=O)[C@H](CCCNC(N)=O)NC(=O)[C@H](Cc1c[nH]c2ccccc12)NC(=O)[C@H](Cc1ccccc1)NC(=O)[C@H](CCCCN)NC(=O)[C@H](CCC(N)=O)NC(=O)[C@@H](N)Cc1cnc[nH]1)C(=O)O. The molecule has 14 amide bonds. The van der Waals surface area contributed by atoms with Crippen molar-refractivity contribution in [2.45, 2.75) is 170 Å². The van der Waals surface area contributed by atoms with Crippen molar-refractivity contribution in [1.29, 1.82) is 10.8 Å². The van der Waals surface area contributed by atoms with Gasteiger partial charge in [0, 0.05) is 74.3 Å². The first-order valence-corrected chi connectivity index (χ1v) is 34.5. The third-order valence-electron chi connectivity index (χ3n) is 16.4. The molecule has 2 aromatic carbocycles. The van der Waals surface area contributed by atoms with E-state index in [2.05, 4.69) is 89.4 Å². The molecule has 0 fully saturated rings. The number of amides is 14. The van der Waals surface area contributed by atoms with Crippen molar-refractivity contribution < 1.29 is 77.3 Å². The third-order valence-corrected chi connectivity index (χ3v) is 16.4. The summed E-state index contributed by atoms with van der Waals surface area (Å²) in [6.07, 6.45) is 3.39. The Labute approximate surface area is 615 Å². The average Bonchev–Trinajstić information content (AvgIpc) is 1.73. The Kier molecular flexibility index (Phi) is 37.5. The third kappa shape index (κ3) is 32.3. The monoisotopic (exact) mass is 1500 g/mol. The number of imidazole rings is 1. The van der Waals surface area contributed by atoms with Gasteiger partial charge in [0.2, 0.25) is 70.9 Å². The van der Waals surface area contributed by atoms with Gasteiger partial charge in [-0.15, -0.1) is 0 Å². The van der Waals surface area contributed by atoms with Gasteiger partial charge in [0.25, 0.3) is 0 Å².